The van der Waals surface area contributed by atoms with E-state index in [1.54, 1.807) is 11.3 Å². The summed E-state index contributed by atoms with van der Waals surface area (Å²) in [7, 11) is 0. The second-order valence-corrected chi connectivity index (χ2v) is 8.96. The molecule has 2 heterocycles. The van der Waals surface area contributed by atoms with Gasteiger partial charge in [0.15, 0.2) is 0 Å². The van der Waals surface area contributed by atoms with Gasteiger partial charge in [0.25, 0.3) is 0 Å². The normalized spacial score (nSPS) is 27.3. The lowest BCUT2D eigenvalue weighted by molar-refractivity contribution is -0.117. The Morgan fingerprint density at radius 2 is 2.00 bits per heavy atom. The molecule has 2 aliphatic rings. The summed E-state index contributed by atoms with van der Waals surface area (Å²) in [4.78, 5) is 16.0. The molecule has 0 radical (unpaired) electrons. The molecule has 4 nitrogen and oxygen atoms in total. The van der Waals surface area contributed by atoms with E-state index in [4.69, 9.17) is 0 Å². The van der Waals surface area contributed by atoms with Gasteiger partial charge in [-0.3, -0.25) is 9.69 Å². The molecule has 3 atom stereocenters. The number of carbonyl (C=O) groups is 1. The van der Waals surface area contributed by atoms with E-state index in [1.165, 1.54) is 16.9 Å². The number of carbonyl (C=O) groups excluding carboxylic acids is 1. The van der Waals surface area contributed by atoms with Gasteiger partial charge < -0.3 is 5.32 Å². The number of hydrogen-bond acceptors (Lipinski definition) is 4. The Balaban J connectivity index is 1.67. The summed E-state index contributed by atoms with van der Waals surface area (Å²) in [5.41, 5.74) is 1.88. The van der Waals surface area contributed by atoms with Crippen molar-refractivity contribution in [1.82, 2.24) is 4.90 Å². The van der Waals surface area contributed by atoms with Crippen molar-refractivity contribution in [2.24, 2.45) is 17.8 Å². The molecule has 0 spiro atoms. The van der Waals surface area contributed by atoms with Crippen LogP contribution in [0.2, 0.25) is 0 Å². The smallest absolute Gasteiger partial charge is 0.239 e. The van der Waals surface area contributed by atoms with Gasteiger partial charge in [-0.25, -0.2) is 0 Å². The minimum absolute atomic E-state index is 0.0134. The molecule has 1 saturated heterocycles. The largest absolute Gasteiger partial charge is 0.315 e. The molecule has 0 unspecified atom stereocenters. The number of hydrogen-bond donors (Lipinski definition) is 1. The number of nitriles is 1. The van der Waals surface area contributed by atoms with Crippen LogP contribution in [-0.4, -0.2) is 30.4 Å². The predicted octanol–water partition coefficient (Wildman–Crippen LogP) is 3.66. The van der Waals surface area contributed by atoms with E-state index in [1.807, 2.05) is 0 Å². The van der Waals surface area contributed by atoms with Crippen LogP contribution in [-0.2, 0) is 17.6 Å². The van der Waals surface area contributed by atoms with Crippen molar-refractivity contribution in [3.63, 3.8) is 0 Å². The summed E-state index contributed by atoms with van der Waals surface area (Å²) in [6.45, 7) is 9.17. The number of fused-ring (bicyclic) bond motifs is 1. The van der Waals surface area contributed by atoms with Crippen LogP contribution in [0.5, 0.6) is 0 Å². The highest BCUT2D eigenvalue weighted by Gasteiger charge is 2.26. The molecule has 1 fully saturated rings. The van der Waals surface area contributed by atoms with E-state index in [-0.39, 0.29) is 5.91 Å². The monoisotopic (exact) mass is 345 g/mol. The SMILES string of the molecule is C[C@@H]1CCc2c(sc(NC(=O)CN3C[C@@H](C)C[C@H](C)C3)c2C#N)C1. The van der Waals surface area contributed by atoms with E-state index in [2.05, 4.69) is 37.1 Å². The molecule has 5 heteroatoms. The fourth-order valence-corrected chi connectivity index (χ4v) is 5.62. The summed E-state index contributed by atoms with van der Waals surface area (Å²) in [6, 6.07) is 2.32. The highest BCUT2D eigenvalue weighted by Crippen LogP contribution is 2.39. The molecule has 130 valence electrons. The summed E-state index contributed by atoms with van der Waals surface area (Å²) in [5, 5.41) is 13.3. The zero-order valence-corrected chi connectivity index (χ0v) is 15.7. The Morgan fingerprint density at radius 3 is 2.67 bits per heavy atom. The van der Waals surface area contributed by atoms with Crippen LogP contribution in [0.1, 0.15) is 49.6 Å². The molecule has 1 N–H and O–H groups in total. The van der Waals surface area contributed by atoms with E-state index < -0.39 is 0 Å². The highest BCUT2D eigenvalue weighted by atomic mass is 32.1. The number of nitrogens with zero attached hydrogens (tertiary/aromatic N) is 2. The Morgan fingerprint density at radius 1 is 1.29 bits per heavy atom. The maximum atomic E-state index is 12.5. The van der Waals surface area contributed by atoms with Crippen molar-refractivity contribution in [3.05, 3.63) is 16.0 Å². The average molecular weight is 346 g/mol. The van der Waals surface area contributed by atoms with Crippen LogP contribution >= 0.6 is 11.3 Å². The third-order valence-electron chi connectivity index (χ3n) is 5.19. The van der Waals surface area contributed by atoms with E-state index in [9.17, 15) is 10.1 Å². The van der Waals surface area contributed by atoms with Crippen molar-refractivity contribution >= 4 is 22.2 Å². The number of piperidine rings is 1. The second-order valence-electron chi connectivity index (χ2n) is 7.86. The maximum absolute atomic E-state index is 12.5. The van der Waals surface area contributed by atoms with Crippen molar-refractivity contribution in [3.8, 4) is 6.07 Å². The Labute approximate surface area is 148 Å². The van der Waals surface area contributed by atoms with Crippen LogP contribution in [0.3, 0.4) is 0 Å². The van der Waals surface area contributed by atoms with Gasteiger partial charge >= 0.3 is 0 Å². The number of anilines is 1. The maximum Gasteiger partial charge on any atom is 0.239 e. The van der Waals surface area contributed by atoms with Gasteiger partial charge in [-0.1, -0.05) is 20.8 Å². The number of rotatable bonds is 3. The van der Waals surface area contributed by atoms with Crippen molar-refractivity contribution in [2.45, 2.75) is 46.5 Å². The molecule has 0 bridgehead atoms. The van der Waals surface area contributed by atoms with Crippen LogP contribution < -0.4 is 5.32 Å². The molecule has 1 amide bonds. The van der Waals surface area contributed by atoms with Gasteiger partial charge in [-0.05, 0) is 49.0 Å². The van der Waals surface area contributed by atoms with Crippen LogP contribution in [0, 0.1) is 29.1 Å². The lowest BCUT2D eigenvalue weighted by atomic mass is 9.88. The average Bonchev–Trinajstić information content (AvgIpc) is 2.81. The van der Waals surface area contributed by atoms with E-state index in [0.29, 0.717) is 29.9 Å². The fraction of sp³-hybridized carbons (Fsp3) is 0.684. The molecule has 0 saturated carbocycles. The zero-order chi connectivity index (χ0) is 17.3. The molecule has 1 aliphatic carbocycles. The first kappa shape index (κ1) is 17.4. The Hall–Kier alpha value is -1.38. The number of thiophene rings is 1. The lowest BCUT2D eigenvalue weighted by Gasteiger charge is -2.34. The van der Waals surface area contributed by atoms with Crippen molar-refractivity contribution in [1.29, 1.82) is 5.26 Å². The first-order valence-corrected chi connectivity index (χ1v) is 9.84. The van der Waals surface area contributed by atoms with E-state index in [0.717, 1.165) is 37.4 Å². The predicted molar refractivity (Wildman–Crippen MR) is 98.2 cm³/mol. The summed E-state index contributed by atoms with van der Waals surface area (Å²) in [6.07, 6.45) is 4.38. The van der Waals surface area contributed by atoms with Crippen LogP contribution in [0.25, 0.3) is 0 Å². The third-order valence-corrected chi connectivity index (χ3v) is 6.36. The van der Waals surface area contributed by atoms with Gasteiger partial charge in [-0.15, -0.1) is 11.3 Å². The first-order chi connectivity index (χ1) is 11.5. The third kappa shape index (κ3) is 3.81. The molecule has 1 aliphatic heterocycles. The minimum atomic E-state index is 0.0134. The summed E-state index contributed by atoms with van der Waals surface area (Å²) >= 11 is 1.61. The minimum Gasteiger partial charge on any atom is -0.315 e. The summed E-state index contributed by atoms with van der Waals surface area (Å²) in [5.74, 6) is 1.97. The lowest BCUT2D eigenvalue weighted by Crippen LogP contribution is -2.42. The van der Waals surface area contributed by atoms with E-state index >= 15 is 0 Å². The van der Waals surface area contributed by atoms with Crippen molar-refractivity contribution in [2.75, 3.05) is 25.0 Å². The number of nitrogens with one attached hydrogen (secondary N) is 1. The number of likely N-dealkylation sites (tertiary alicyclic amines) is 1. The van der Waals surface area contributed by atoms with Gasteiger partial charge in [0, 0.05) is 18.0 Å². The van der Waals surface area contributed by atoms with Gasteiger partial charge in [0.1, 0.15) is 11.1 Å². The van der Waals surface area contributed by atoms with Gasteiger partial charge in [0.05, 0.1) is 12.1 Å². The van der Waals surface area contributed by atoms with Gasteiger partial charge in [-0.2, -0.15) is 5.26 Å². The summed E-state index contributed by atoms with van der Waals surface area (Å²) < 4.78 is 0. The standard InChI is InChI=1S/C19H27N3OS/c1-12-4-5-15-16(8-20)19(24-17(15)7-12)21-18(23)11-22-9-13(2)6-14(3)10-22/h12-14H,4-7,9-11H2,1-3H3,(H,21,23)/t12-,13+,14+/m1/s1. The zero-order valence-electron chi connectivity index (χ0n) is 14.9. The Kier molecular flexibility index (Phi) is 5.27. The second kappa shape index (κ2) is 7.25. The molecule has 3 rings (SSSR count). The molecule has 0 aromatic carbocycles. The molecular weight excluding hydrogens is 318 g/mol. The number of amides is 1. The highest BCUT2D eigenvalue weighted by molar-refractivity contribution is 7.16. The molecule has 1 aromatic rings. The molecule has 24 heavy (non-hydrogen) atoms. The topological polar surface area (TPSA) is 56.1 Å². The van der Waals surface area contributed by atoms with Crippen LogP contribution in [0.4, 0.5) is 5.00 Å². The first-order valence-electron chi connectivity index (χ1n) is 9.03. The Bertz CT molecular complexity index is 650. The van der Waals surface area contributed by atoms with Crippen molar-refractivity contribution < 1.29 is 4.79 Å². The quantitative estimate of drug-likeness (QED) is 0.909. The fourth-order valence-electron chi connectivity index (χ4n) is 4.25. The molecular formula is C19H27N3OS. The van der Waals surface area contributed by atoms with Gasteiger partial charge in [0.2, 0.25) is 5.91 Å². The van der Waals surface area contributed by atoms with Crippen LogP contribution in [0.15, 0.2) is 0 Å². The molecule has 1 aromatic heterocycles.